The van der Waals surface area contributed by atoms with E-state index < -0.39 is 5.56 Å². The summed E-state index contributed by atoms with van der Waals surface area (Å²) in [5.74, 6) is 0.970. The van der Waals surface area contributed by atoms with Crippen LogP contribution in [0, 0.1) is 29.6 Å². The van der Waals surface area contributed by atoms with Gasteiger partial charge in [0.05, 0.1) is 12.8 Å². The smallest absolute Gasteiger partial charge is 0.282 e. The molecule has 1 aromatic carbocycles. The van der Waals surface area contributed by atoms with Crippen molar-refractivity contribution in [2.45, 2.75) is 6.92 Å². The molecule has 0 fully saturated rings. The molecule has 0 saturated heterocycles. The molecule has 0 atom stereocenters. The minimum absolute atomic E-state index is 0.0440. The first kappa shape index (κ1) is 16.8. The van der Waals surface area contributed by atoms with Gasteiger partial charge in [-0.1, -0.05) is 12.1 Å². The van der Waals surface area contributed by atoms with Crippen molar-refractivity contribution in [1.82, 2.24) is 10.2 Å². The summed E-state index contributed by atoms with van der Waals surface area (Å²) in [5, 5.41) is 23.8. The number of rotatable bonds is 5. The number of nitriles is 2. The molecule has 120 valence electrons. The van der Waals surface area contributed by atoms with Gasteiger partial charge in [0.1, 0.15) is 17.7 Å². The molecule has 0 radical (unpaired) electrons. The number of methoxy groups -OCH3 is 1. The molecular formula is C17H14N4O3. The molecule has 7 heteroatoms. The summed E-state index contributed by atoms with van der Waals surface area (Å²) >= 11 is 0. The number of aromatic nitrogens is 2. The number of ether oxygens (including phenoxy) is 2. The predicted octanol–water partition coefficient (Wildman–Crippen LogP) is 2.03. The second kappa shape index (κ2) is 7.61. The van der Waals surface area contributed by atoms with Gasteiger partial charge in [-0.25, -0.2) is 5.10 Å². The van der Waals surface area contributed by atoms with E-state index in [1.165, 1.54) is 7.11 Å². The van der Waals surface area contributed by atoms with Crippen LogP contribution in [0.3, 0.4) is 0 Å². The minimum Gasteiger partial charge on any atom is -0.493 e. The van der Waals surface area contributed by atoms with Crippen LogP contribution in [0.15, 0.2) is 23.0 Å². The van der Waals surface area contributed by atoms with E-state index in [-0.39, 0.29) is 12.2 Å². The van der Waals surface area contributed by atoms with Crippen LogP contribution >= 0.6 is 0 Å². The Morgan fingerprint density at radius 2 is 2.08 bits per heavy atom. The first-order valence-electron chi connectivity index (χ1n) is 6.96. The fourth-order valence-corrected chi connectivity index (χ4v) is 2.04. The average Bonchev–Trinajstić information content (AvgIpc) is 2.60. The van der Waals surface area contributed by atoms with E-state index >= 15 is 0 Å². The van der Waals surface area contributed by atoms with Crippen LogP contribution in [-0.4, -0.2) is 23.9 Å². The van der Waals surface area contributed by atoms with Crippen LogP contribution in [0.25, 0.3) is 12.2 Å². The summed E-state index contributed by atoms with van der Waals surface area (Å²) in [5.41, 5.74) is 1.35. The maximum Gasteiger partial charge on any atom is 0.282 e. The third kappa shape index (κ3) is 3.60. The van der Waals surface area contributed by atoms with E-state index in [1.807, 2.05) is 12.1 Å². The Hall–Kier alpha value is -3.58. The van der Waals surface area contributed by atoms with Crippen LogP contribution in [0.2, 0.25) is 0 Å². The van der Waals surface area contributed by atoms with Gasteiger partial charge in [-0.15, -0.1) is 0 Å². The number of aromatic amines is 1. The zero-order chi connectivity index (χ0) is 17.5. The topological polar surface area (TPSA) is 112 Å². The summed E-state index contributed by atoms with van der Waals surface area (Å²) < 4.78 is 10.5. The van der Waals surface area contributed by atoms with Crippen molar-refractivity contribution in [3.63, 3.8) is 0 Å². The zero-order valence-electron chi connectivity index (χ0n) is 13.2. The molecule has 0 unspecified atom stereocenters. The Morgan fingerprint density at radius 1 is 1.29 bits per heavy atom. The molecule has 24 heavy (non-hydrogen) atoms. The monoisotopic (exact) mass is 322 g/mol. The Balaban J connectivity index is 2.32. The molecular weight excluding hydrogens is 308 g/mol. The first-order valence-corrected chi connectivity index (χ1v) is 6.96. The lowest BCUT2D eigenvalue weighted by atomic mass is 10.1. The molecule has 0 aliphatic heterocycles. The quantitative estimate of drug-likeness (QED) is 0.901. The lowest BCUT2D eigenvalue weighted by Crippen LogP contribution is -2.15. The van der Waals surface area contributed by atoms with E-state index in [2.05, 4.69) is 10.2 Å². The third-order valence-electron chi connectivity index (χ3n) is 3.29. The van der Waals surface area contributed by atoms with E-state index in [1.54, 1.807) is 37.3 Å². The molecule has 1 heterocycles. The van der Waals surface area contributed by atoms with Gasteiger partial charge in [-0.2, -0.15) is 15.6 Å². The number of nitrogens with one attached hydrogen (secondary N) is 1. The highest BCUT2D eigenvalue weighted by molar-refractivity contribution is 5.71. The van der Waals surface area contributed by atoms with Crippen molar-refractivity contribution in [1.29, 1.82) is 10.5 Å². The summed E-state index contributed by atoms with van der Waals surface area (Å²) in [6.07, 6.45) is 3.46. The van der Waals surface area contributed by atoms with Crippen molar-refractivity contribution in [3.8, 4) is 23.6 Å². The standard InChI is InChI=1S/C17H14N4O3/c1-11-13(10-19)17(22)21-20-14(11)5-3-12-4-6-15(24-8-7-18)16(9-12)23-2/h3-6,9H,8H2,1-2H3,(H,21,22)/b5-3+. The molecule has 2 aromatic rings. The Morgan fingerprint density at radius 3 is 2.75 bits per heavy atom. The Kier molecular flexibility index (Phi) is 5.32. The van der Waals surface area contributed by atoms with Crippen LogP contribution in [0.1, 0.15) is 22.4 Å². The summed E-state index contributed by atoms with van der Waals surface area (Å²) in [6, 6.07) is 9.00. The maximum atomic E-state index is 11.5. The SMILES string of the molecule is COc1cc(/C=C/c2n[nH]c(=O)c(C#N)c2C)ccc1OCC#N. The van der Waals surface area contributed by atoms with Crippen molar-refractivity contribution >= 4 is 12.2 Å². The van der Waals surface area contributed by atoms with Gasteiger partial charge in [-0.05, 0) is 36.3 Å². The largest absolute Gasteiger partial charge is 0.493 e. The van der Waals surface area contributed by atoms with Crippen LogP contribution in [-0.2, 0) is 0 Å². The second-order valence-electron chi connectivity index (χ2n) is 4.74. The average molecular weight is 322 g/mol. The summed E-state index contributed by atoms with van der Waals surface area (Å²) in [4.78, 5) is 11.5. The van der Waals surface area contributed by atoms with E-state index in [0.29, 0.717) is 22.8 Å². The molecule has 7 nitrogen and oxygen atoms in total. The highest BCUT2D eigenvalue weighted by Crippen LogP contribution is 2.28. The fraction of sp³-hybridized carbons (Fsp3) is 0.176. The molecule has 0 saturated carbocycles. The van der Waals surface area contributed by atoms with Gasteiger partial charge in [0.15, 0.2) is 18.1 Å². The maximum absolute atomic E-state index is 11.5. The normalized spacial score (nSPS) is 10.2. The molecule has 1 aromatic heterocycles. The zero-order valence-corrected chi connectivity index (χ0v) is 13.2. The molecule has 1 N–H and O–H groups in total. The van der Waals surface area contributed by atoms with E-state index in [4.69, 9.17) is 20.0 Å². The Bertz CT molecular complexity index is 917. The minimum atomic E-state index is -0.507. The number of benzene rings is 1. The van der Waals surface area contributed by atoms with Crippen molar-refractivity contribution < 1.29 is 9.47 Å². The molecule has 0 aliphatic rings. The lowest BCUT2D eigenvalue weighted by molar-refractivity contribution is 0.329. The predicted molar refractivity (Wildman–Crippen MR) is 87.3 cm³/mol. The number of hydrogen-bond acceptors (Lipinski definition) is 6. The number of hydrogen-bond donors (Lipinski definition) is 1. The van der Waals surface area contributed by atoms with E-state index in [0.717, 1.165) is 5.56 Å². The van der Waals surface area contributed by atoms with Gasteiger partial charge in [-0.3, -0.25) is 4.79 Å². The lowest BCUT2D eigenvalue weighted by Gasteiger charge is -2.08. The fourth-order valence-electron chi connectivity index (χ4n) is 2.04. The van der Waals surface area contributed by atoms with Gasteiger partial charge in [0.25, 0.3) is 5.56 Å². The number of H-pyrrole nitrogens is 1. The highest BCUT2D eigenvalue weighted by Gasteiger charge is 2.08. The van der Waals surface area contributed by atoms with Crippen LogP contribution in [0.5, 0.6) is 11.5 Å². The number of nitrogens with zero attached hydrogens (tertiary/aromatic N) is 3. The van der Waals surface area contributed by atoms with Crippen molar-refractivity contribution in [3.05, 3.63) is 50.9 Å². The first-order chi connectivity index (χ1) is 11.6. The molecule has 0 spiro atoms. The highest BCUT2D eigenvalue weighted by atomic mass is 16.5. The van der Waals surface area contributed by atoms with Gasteiger partial charge < -0.3 is 9.47 Å². The van der Waals surface area contributed by atoms with Gasteiger partial charge >= 0.3 is 0 Å². The summed E-state index contributed by atoms with van der Waals surface area (Å²) in [7, 11) is 1.51. The second-order valence-corrected chi connectivity index (χ2v) is 4.74. The van der Waals surface area contributed by atoms with Crippen molar-refractivity contribution in [2.75, 3.05) is 13.7 Å². The molecule has 0 amide bonds. The van der Waals surface area contributed by atoms with Crippen LogP contribution < -0.4 is 15.0 Å². The third-order valence-corrected chi connectivity index (χ3v) is 3.29. The molecule has 0 aliphatic carbocycles. The van der Waals surface area contributed by atoms with Gasteiger partial charge in [0.2, 0.25) is 0 Å². The van der Waals surface area contributed by atoms with Crippen molar-refractivity contribution in [2.24, 2.45) is 0 Å². The van der Waals surface area contributed by atoms with E-state index in [9.17, 15) is 4.79 Å². The van der Waals surface area contributed by atoms with Gasteiger partial charge in [0, 0.05) is 0 Å². The Labute approximate surface area is 138 Å². The summed E-state index contributed by atoms with van der Waals surface area (Å²) in [6.45, 7) is 1.60. The molecule has 2 rings (SSSR count). The van der Waals surface area contributed by atoms with Crippen LogP contribution in [0.4, 0.5) is 0 Å². The molecule has 0 bridgehead atoms.